The second kappa shape index (κ2) is 6.12. The average Bonchev–Trinajstić information content (AvgIpc) is 2.39. The quantitative estimate of drug-likeness (QED) is 0.504. The third kappa shape index (κ3) is 3.05. The third-order valence-corrected chi connectivity index (χ3v) is 2.77. The zero-order chi connectivity index (χ0) is 12.8. The summed E-state index contributed by atoms with van der Waals surface area (Å²) in [7, 11) is 0. The van der Waals surface area contributed by atoms with Gasteiger partial charge in [-0.1, -0.05) is 42.5 Å². The van der Waals surface area contributed by atoms with Crippen LogP contribution in [0.25, 0.3) is 10.8 Å². The van der Waals surface area contributed by atoms with Gasteiger partial charge < -0.3 is 5.32 Å². The number of rotatable bonds is 3. The van der Waals surface area contributed by atoms with Gasteiger partial charge in [-0.3, -0.25) is 5.43 Å². The Morgan fingerprint density at radius 2 is 2.00 bits per heavy atom. The van der Waals surface area contributed by atoms with Gasteiger partial charge in [-0.2, -0.15) is 5.10 Å². The molecule has 0 bridgehead atoms. The Morgan fingerprint density at radius 1 is 1.22 bits per heavy atom. The van der Waals surface area contributed by atoms with E-state index in [1.165, 1.54) is 10.8 Å². The SMILES string of the molecule is CCNC(=S)N/N=C/c1cccc2ccccc12. The van der Waals surface area contributed by atoms with Crippen molar-refractivity contribution < 1.29 is 0 Å². The Kier molecular flexibility index (Phi) is 4.25. The Labute approximate surface area is 112 Å². The fourth-order valence-corrected chi connectivity index (χ4v) is 1.92. The van der Waals surface area contributed by atoms with Crippen molar-refractivity contribution in [3.05, 3.63) is 48.0 Å². The molecule has 4 heteroatoms. The number of nitrogens with one attached hydrogen (secondary N) is 2. The maximum absolute atomic E-state index is 5.03. The average molecular weight is 257 g/mol. The lowest BCUT2D eigenvalue weighted by atomic mass is 10.1. The Bertz CT molecular complexity index is 573. The highest BCUT2D eigenvalue weighted by Gasteiger charge is 1.96. The standard InChI is InChI=1S/C14H15N3S/c1-2-15-14(18)17-16-10-12-8-5-7-11-6-3-4-9-13(11)12/h3-10H,2H2,1H3,(H2,15,17,18)/b16-10+. The zero-order valence-corrected chi connectivity index (χ0v) is 11.0. The molecule has 0 aromatic heterocycles. The molecule has 18 heavy (non-hydrogen) atoms. The second-order valence-electron chi connectivity index (χ2n) is 3.80. The van der Waals surface area contributed by atoms with Crippen LogP contribution in [-0.2, 0) is 0 Å². The van der Waals surface area contributed by atoms with Crippen LogP contribution in [0.5, 0.6) is 0 Å². The van der Waals surface area contributed by atoms with E-state index in [1.807, 2.05) is 31.2 Å². The molecule has 2 aromatic rings. The minimum Gasteiger partial charge on any atom is -0.362 e. The van der Waals surface area contributed by atoms with Crippen molar-refractivity contribution in [1.82, 2.24) is 10.7 Å². The van der Waals surface area contributed by atoms with Crippen LogP contribution in [0, 0.1) is 0 Å². The van der Waals surface area contributed by atoms with Crippen LogP contribution in [0.4, 0.5) is 0 Å². The first-order valence-electron chi connectivity index (χ1n) is 5.86. The van der Waals surface area contributed by atoms with Crippen LogP contribution >= 0.6 is 12.2 Å². The molecule has 0 radical (unpaired) electrons. The number of hydrazone groups is 1. The summed E-state index contributed by atoms with van der Waals surface area (Å²) in [6.07, 6.45) is 1.78. The number of thiocarbonyl (C=S) groups is 1. The van der Waals surface area contributed by atoms with Crippen LogP contribution in [0.2, 0.25) is 0 Å². The molecular formula is C14H15N3S. The summed E-state index contributed by atoms with van der Waals surface area (Å²) in [5.74, 6) is 0. The van der Waals surface area contributed by atoms with E-state index in [9.17, 15) is 0 Å². The Morgan fingerprint density at radius 3 is 2.83 bits per heavy atom. The van der Waals surface area contributed by atoms with Crippen LogP contribution in [0.15, 0.2) is 47.6 Å². The van der Waals surface area contributed by atoms with Gasteiger partial charge in [0, 0.05) is 12.1 Å². The van der Waals surface area contributed by atoms with Crippen molar-refractivity contribution >= 4 is 34.3 Å². The van der Waals surface area contributed by atoms with Crippen molar-refractivity contribution in [2.24, 2.45) is 5.10 Å². The third-order valence-electron chi connectivity index (χ3n) is 2.53. The number of benzene rings is 2. The summed E-state index contributed by atoms with van der Waals surface area (Å²) in [5, 5.41) is 10.0. The van der Waals surface area contributed by atoms with Crippen LogP contribution in [0.3, 0.4) is 0 Å². The maximum atomic E-state index is 5.03. The molecule has 0 amide bonds. The first-order chi connectivity index (χ1) is 8.81. The van der Waals surface area contributed by atoms with E-state index in [4.69, 9.17) is 12.2 Å². The van der Waals surface area contributed by atoms with Gasteiger partial charge in [-0.05, 0) is 29.9 Å². The van der Waals surface area contributed by atoms with Gasteiger partial charge in [0.15, 0.2) is 5.11 Å². The first-order valence-corrected chi connectivity index (χ1v) is 6.26. The van der Waals surface area contributed by atoms with Crippen molar-refractivity contribution in [2.45, 2.75) is 6.92 Å². The molecule has 0 saturated carbocycles. The fraction of sp³-hybridized carbons (Fsp3) is 0.143. The molecule has 0 atom stereocenters. The van der Waals surface area contributed by atoms with Crippen molar-refractivity contribution in [1.29, 1.82) is 0 Å². The normalized spacial score (nSPS) is 10.7. The highest BCUT2D eigenvalue weighted by atomic mass is 32.1. The number of hydrogen-bond acceptors (Lipinski definition) is 2. The minimum absolute atomic E-state index is 0.536. The molecule has 0 unspecified atom stereocenters. The molecule has 0 aliphatic heterocycles. The summed E-state index contributed by atoms with van der Waals surface area (Å²) in [5.41, 5.74) is 3.86. The molecule has 0 aliphatic carbocycles. The molecule has 0 heterocycles. The van der Waals surface area contributed by atoms with E-state index in [1.54, 1.807) is 6.21 Å². The molecule has 92 valence electrons. The smallest absolute Gasteiger partial charge is 0.186 e. The predicted octanol–water partition coefficient (Wildman–Crippen LogP) is 2.66. The molecule has 3 nitrogen and oxygen atoms in total. The van der Waals surface area contributed by atoms with Gasteiger partial charge in [0.05, 0.1) is 6.21 Å². The monoisotopic (exact) mass is 257 g/mol. The number of hydrogen-bond donors (Lipinski definition) is 2. The Hall–Kier alpha value is -1.94. The van der Waals surface area contributed by atoms with E-state index in [2.05, 4.69) is 34.0 Å². The first kappa shape index (κ1) is 12.5. The number of fused-ring (bicyclic) bond motifs is 1. The molecule has 2 rings (SSSR count). The molecule has 0 spiro atoms. The lowest BCUT2D eigenvalue weighted by Gasteiger charge is -2.04. The topological polar surface area (TPSA) is 36.4 Å². The van der Waals surface area contributed by atoms with Gasteiger partial charge in [0.2, 0.25) is 0 Å². The highest BCUT2D eigenvalue weighted by Crippen LogP contribution is 2.16. The van der Waals surface area contributed by atoms with E-state index >= 15 is 0 Å². The molecule has 2 N–H and O–H groups in total. The van der Waals surface area contributed by atoms with Crippen LogP contribution in [0.1, 0.15) is 12.5 Å². The lowest BCUT2D eigenvalue weighted by Crippen LogP contribution is -2.31. The number of nitrogens with zero attached hydrogens (tertiary/aromatic N) is 1. The van der Waals surface area contributed by atoms with Gasteiger partial charge >= 0.3 is 0 Å². The zero-order valence-electron chi connectivity index (χ0n) is 10.2. The molecule has 0 saturated heterocycles. The second-order valence-corrected chi connectivity index (χ2v) is 4.21. The van der Waals surface area contributed by atoms with Gasteiger partial charge in [0.25, 0.3) is 0 Å². The Balaban J connectivity index is 2.16. The van der Waals surface area contributed by atoms with Gasteiger partial charge in [-0.15, -0.1) is 0 Å². The van der Waals surface area contributed by atoms with E-state index in [0.717, 1.165) is 12.1 Å². The summed E-state index contributed by atoms with van der Waals surface area (Å²) in [6.45, 7) is 2.78. The van der Waals surface area contributed by atoms with E-state index in [0.29, 0.717) is 5.11 Å². The van der Waals surface area contributed by atoms with Crippen LogP contribution < -0.4 is 10.7 Å². The van der Waals surface area contributed by atoms with E-state index < -0.39 is 0 Å². The van der Waals surface area contributed by atoms with Crippen molar-refractivity contribution in [3.63, 3.8) is 0 Å². The van der Waals surface area contributed by atoms with Gasteiger partial charge in [-0.25, -0.2) is 0 Å². The minimum atomic E-state index is 0.536. The lowest BCUT2D eigenvalue weighted by molar-refractivity contribution is 0.904. The van der Waals surface area contributed by atoms with E-state index in [-0.39, 0.29) is 0 Å². The predicted molar refractivity (Wildman–Crippen MR) is 81.0 cm³/mol. The summed E-state index contributed by atoms with van der Waals surface area (Å²) < 4.78 is 0. The summed E-state index contributed by atoms with van der Waals surface area (Å²) in [4.78, 5) is 0. The summed E-state index contributed by atoms with van der Waals surface area (Å²) >= 11 is 5.03. The van der Waals surface area contributed by atoms with Crippen molar-refractivity contribution in [3.8, 4) is 0 Å². The molecule has 0 fully saturated rings. The van der Waals surface area contributed by atoms with Crippen molar-refractivity contribution in [2.75, 3.05) is 6.54 Å². The highest BCUT2D eigenvalue weighted by molar-refractivity contribution is 7.80. The van der Waals surface area contributed by atoms with Crippen LogP contribution in [-0.4, -0.2) is 17.9 Å². The maximum Gasteiger partial charge on any atom is 0.186 e. The largest absolute Gasteiger partial charge is 0.362 e. The molecule has 2 aromatic carbocycles. The summed E-state index contributed by atoms with van der Waals surface area (Å²) in [6, 6.07) is 14.4. The fourth-order valence-electron chi connectivity index (χ4n) is 1.72. The molecule has 0 aliphatic rings. The molecular weight excluding hydrogens is 242 g/mol. The van der Waals surface area contributed by atoms with Gasteiger partial charge in [0.1, 0.15) is 0 Å².